The molecule has 0 aliphatic carbocycles. The van der Waals surface area contributed by atoms with Crippen LogP contribution in [-0.2, 0) is 21.3 Å². The van der Waals surface area contributed by atoms with Crippen LogP contribution in [0, 0.1) is 6.92 Å². The second kappa shape index (κ2) is 6.60. The van der Waals surface area contributed by atoms with Gasteiger partial charge in [0.25, 0.3) is 0 Å². The van der Waals surface area contributed by atoms with Crippen molar-refractivity contribution in [3.05, 3.63) is 51.7 Å². The zero-order chi connectivity index (χ0) is 16.3. The van der Waals surface area contributed by atoms with Crippen molar-refractivity contribution in [2.75, 3.05) is 14.2 Å². The molecule has 0 saturated heterocycles. The van der Waals surface area contributed by atoms with Gasteiger partial charge in [0.05, 0.1) is 17.6 Å². The number of ether oxygens (including phenoxy) is 1. The molecule has 0 aliphatic rings. The Labute approximate surface area is 134 Å². The quantitative estimate of drug-likeness (QED) is 0.786. The summed E-state index contributed by atoms with van der Waals surface area (Å²) < 4.78 is 31.4. The van der Waals surface area contributed by atoms with Gasteiger partial charge in [0.15, 0.2) is 0 Å². The van der Waals surface area contributed by atoms with Gasteiger partial charge in [0.2, 0.25) is 10.0 Å². The predicted molar refractivity (Wildman–Crippen MR) is 85.5 cm³/mol. The highest BCUT2D eigenvalue weighted by molar-refractivity contribution is 7.89. The smallest absolute Gasteiger partial charge is 0.337 e. The van der Waals surface area contributed by atoms with Gasteiger partial charge in [0.1, 0.15) is 0 Å². The van der Waals surface area contributed by atoms with E-state index in [1.165, 1.54) is 35.9 Å². The molecule has 0 saturated carbocycles. The van der Waals surface area contributed by atoms with E-state index < -0.39 is 16.0 Å². The molecule has 1 aromatic carbocycles. The van der Waals surface area contributed by atoms with Crippen LogP contribution in [0.5, 0.6) is 0 Å². The number of esters is 1. The first-order valence-electron chi connectivity index (χ1n) is 6.52. The van der Waals surface area contributed by atoms with Gasteiger partial charge in [-0.3, -0.25) is 0 Å². The lowest BCUT2D eigenvalue weighted by Crippen LogP contribution is -2.27. The molecule has 0 bridgehead atoms. The van der Waals surface area contributed by atoms with Crippen molar-refractivity contribution in [1.82, 2.24) is 4.31 Å². The third-order valence-corrected chi connectivity index (χ3v) is 5.96. The molecule has 0 unspecified atom stereocenters. The van der Waals surface area contributed by atoms with Crippen molar-refractivity contribution >= 4 is 27.3 Å². The van der Waals surface area contributed by atoms with E-state index in [4.69, 9.17) is 0 Å². The summed E-state index contributed by atoms with van der Waals surface area (Å²) in [4.78, 5) is 11.7. The molecule has 0 amide bonds. The van der Waals surface area contributed by atoms with Crippen molar-refractivity contribution < 1.29 is 17.9 Å². The van der Waals surface area contributed by atoms with Gasteiger partial charge < -0.3 is 4.74 Å². The maximum Gasteiger partial charge on any atom is 0.337 e. The standard InChI is InChI=1S/C15H17NO4S2/c1-11-4-5-13(15(17)20-3)8-14(11)22(18,19)16(2)9-12-6-7-21-10-12/h4-8,10H,9H2,1-3H3. The number of hydrogen-bond acceptors (Lipinski definition) is 5. The zero-order valence-corrected chi connectivity index (χ0v) is 14.2. The molecule has 2 rings (SSSR count). The van der Waals surface area contributed by atoms with Crippen LogP contribution in [0.15, 0.2) is 39.9 Å². The number of rotatable bonds is 5. The van der Waals surface area contributed by atoms with Gasteiger partial charge >= 0.3 is 5.97 Å². The van der Waals surface area contributed by atoms with E-state index in [0.717, 1.165) is 5.56 Å². The zero-order valence-electron chi connectivity index (χ0n) is 12.6. The lowest BCUT2D eigenvalue weighted by atomic mass is 10.1. The monoisotopic (exact) mass is 339 g/mol. The summed E-state index contributed by atoms with van der Waals surface area (Å²) >= 11 is 1.52. The predicted octanol–water partition coefficient (Wildman–Crippen LogP) is 2.66. The van der Waals surface area contributed by atoms with E-state index in [2.05, 4.69) is 4.74 Å². The molecule has 0 fully saturated rings. The highest BCUT2D eigenvalue weighted by Gasteiger charge is 2.24. The van der Waals surface area contributed by atoms with Gasteiger partial charge in [-0.25, -0.2) is 13.2 Å². The average molecular weight is 339 g/mol. The Kier molecular flexibility index (Phi) is 5.00. The van der Waals surface area contributed by atoms with Gasteiger partial charge in [-0.05, 0) is 47.0 Å². The first kappa shape index (κ1) is 16.7. The lowest BCUT2D eigenvalue weighted by Gasteiger charge is -2.18. The minimum atomic E-state index is -3.68. The van der Waals surface area contributed by atoms with Crippen molar-refractivity contribution in [1.29, 1.82) is 0 Å². The van der Waals surface area contributed by atoms with E-state index in [9.17, 15) is 13.2 Å². The largest absolute Gasteiger partial charge is 0.465 e. The number of carbonyl (C=O) groups is 1. The van der Waals surface area contributed by atoms with Crippen LogP contribution in [-0.4, -0.2) is 32.8 Å². The van der Waals surface area contributed by atoms with Gasteiger partial charge in [-0.1, -0.05) is 6.07 Å². The van der Waals surface area contributed by atoms with E-state index in [1.54, 1.807) is 19.1 Å². The number of sulfonamides is 1. The Morgan fingerprint density at radius 1 is 1.32 bits per heavy atom. The topological polar surface area (TPSA) is 63.7 Å². The normalized spacial score (nSPS) is 11.6. The fourth-order valence-corrected chi connectivity index (χ4v) is 4.08. The van der Waals surface area contributed by atoms with E-state index in [1.807, 2.05) is 16.8 Å². The SMILES string of the molecule is COC(=O)c1ccc(C)c(S(=O)(=O)N(C)Cc2ccsc2)c1. The molecule has 2 aromatic rings. The summed E-state index contributed by atoms with van der Waals surface area (Å²) in [5, 5.41) is 3.81. The maximum absolute atomic E-state index is 12.7. The molecule has 0 radical (unpaired) electrons. The van der Waals surface area contributed by atoms with Crippen LogP contribution in [0.2, 0.25) is 0 Å². The third-order valence-electron chi connectivity index (χ3n) is 3.28. The molecular formula is C15H17NO4S2. The van der Waals surface area contributed by atoms with Crippen LogP contribution in [0.4, 0.5) is 0 Å². The first-order chi connectivity index (χ1) is 10.4. The summed E-state index contributed by atoms with van der Waals surface area (Å²) in [5.41, 5.74) is 1.73. The lowest BCUT2D eigenvalue weighted by molar-refractivity contribution is 0.0600. The van der Waals surface area contributed by atoms with E-state index >= 15 is 0 Å². The molecule has 0 aliphatic heterocycles. The minimum absolute atomic E-state index is 0.119. The van der Waals surface area contributed by atoms with Crippen LogP contribution in [0.1, 0.15) is 21.5 Å². The fourth-order valence-electron chi connectivity index (χ4n) is 2.02. The summed E-state index contributed by atoms with van der Waals surface area (Å²) in [6, 6.07) is 6.41. The van der Waals surface area contributed by atoms with Crippen molar-refractivity contribution in [3.8, 4) is 0 Å². The van der Waals surface area contributed by atoms with E-state index in [0.29, 0.717) is 5.56 Å². The third kappa shape index (κ3) is 3.37. The highest BCUT2D eigenvalue weighted by atomic mass is 32.2. The first-order valence-corrected chi connectivity index (χ1v) is 8.91. The molecular weight excluding hydrogens is 322 g/mol. The van der Waals surface area contributed by atoms with E-state index in [-0.39, 0.29) is 17.0 Å². The average Bonchev–Trinajstić information content (AvgIpc) is 2.99. The molecule has 5 nitrogen and oxygen atoms in total. The molecule has 0 atom stereocenters. The minimum Gasteiger partial charge on any atom is -0.465 e. The molecule has 1 heterocycles. The van der Waals surface area contributed by atoms with Crippen LogP contribution in [0.3, 0.4) is 0 Å². The second-order valence-electron chi connectivity index (χ2n) is 4.86. The highest BCUT2D eigenvalue weighted by Crippen LogP contribution is 2.22. The summed E-state index contributed by atoms with van der Waals surface area (Å²) in [5.74, 6) is -0.558. The van der Waals surface area contributed by atoms with Crippen LogP contribution in [0.25, 0.3) is 0 Å². The number of methoxy groups -OCH3 is 1. The Hall–Kier alpha value is -1.70. The summed E-state index contributed by atoms with van der Waals surface area (Å²) in [7, 11) is -0.892. The molecule has 118 valence electrons. The van der Waals surface area contributed by atoms with Gasteiger partial charge in [-0.2, -0.15) is 15.6 Å². The molecule has 22 heavy (non-hydrogen) atoms. The number of carbonyl (C=O) groups excluding carboxylic acids is 1. The molecule has 7 heteroatoms. The fraction of sp³-hybridized carbons (Fsp3) is 0.267. The molecule has 0 spiro atoms. The summed E-state index contributed by atoms with van der Waals surface area (Å²) in [6.07, 6.45) is 0. The van der Waals surface area contributed by atoms with Crippen LogP contribution >= 0.6 is 11.3 Å². The van der Waals surface area contributed by atoms with Gasteiger partial charge in [-0.15, -0.1) is 0 Å². The summed E-state index contributed by atoms with van der Waals surface area (Å²) in [6.45, 7) is 1.99. The Balaban J connectivity index is 2.37. The number of benzene rings is 1. The molecule has 0 N–H and O–H groups in total. The Morgan fingerprint density at radius 3 is 2.64 bits per heavy atom. The van der Waals surface area contributed by atoms with Gasteiger partial charge in [0, 0.05) is 13.6 Å². The number of hydrogen-bond donors (Lipinski definition) is 0. The van der Waals surface area contributed by atoms with Crippen molar-refractivity contribution in [2.24, 2.45) is 0 Å². The molecule has 1 aromatic heterocycles. The number of thiophene rings is 1. The number of nitrogens with zero attached hydrogens (tertiary/aromatic N) is 1. The number of aryl methyl sites for hydroxylation is 1. The van der Waals surface area contributed by atoms with Crippen molar-refractivity contribution in [3.63, 3.8) is 0 Å². The Bertz CT molecular complexity index is 767. The Morgan fingerprint density at radius 2 is 2.05 bits per heavy atom. The maximum atomic E-state index is 12.7. The second-order valence-corrected chi connectivity index (χ2v) is 7.66. The van der Waals surface area contributed by atoms with Crippen molar-refractivity contribution in [2.45, 2.75) is 18.4 Å². The van der Waals surface area contributed by atoms with Crippen LogP contribution < -0.4 is 0 Å².